The first-order valence-corrected chi connectivity index (χ1v) is 17.0. The van der Waals surface area contributed by atoms with Crippen LogP contribution >= 0.6 is 0 Å². The van der Waals surface area contributed by atoms with Crippen LogP contribution in [0.1, 0.15) is 53.0 Å². The molecule has 0 spiro atoms. The van der Waals surface area contributed by atoms with Gasteiger partial charge in [0.05, 0.1) is 31.3 Å². The molecule has 8 nitrogen and oxygen atoms in total. The van der Waals surface area contributed by atoms with Crippen molar-refractivity contribution in [1.29, 1.82) is 0 Å². The third kappa shape index (κ3) is 9.03. The van der Waals surface area contributed by atoms with E-state index in [4.69, 9.17) is 18.6 Å². The average molecular weight is 551 g/mol. The van der Waals surface area contributed by atoms with E-state index in [1.54, 1.807) is 0 Å². The van der Waals surface area contributed by atoms with Crippen molar-refractivity contribution >= 4 is 14.4 Å². The number of hydrogen-bond donors (Lipinski definition) is 3. The predicted octanol–water partition coefficient (Wildman–Crippen LogP) is 4.47. The third-order valence-electron chi connectivity index (χ3n) is 8.31. The number of nitrogens with one attached hydrogen (secondary N) is 2. The van der Waals surface area contributed by atoms with Gasteiger partial charge in [-0.3, -0.25) is 0 Å². The summed E-state index contributed by atoms with van der Waals surface area (Å²) in [6.07, 6.45) is 0.315. The van der Waals surface area contributed by atoms with Gasteiger partial charge in [-0.05, 0) is 48.4 Å². The van der Waals surface area contributed by atoms with Crippen LogP contribution in [0.5, 0.6) is 0 Å². The van der Waals surface area contributed by atoms with Gasteiger partial charge < -0.3 is 34.4 Å². The lowest BCUT2D eigenvalue weighted by Crippen LogP contribution is -2.50. The number of alkyl carbamates (subject to hydrolysis) is 1. The van der Waals surface area contributed by atoms with Gasteiger partial charge in [0, 0.05) is 19.7 Å². The van der Waals surface area contributed by atoms with E-state index in [1.165, 1.54) is 0 Å². The molecule has 2 heterocycles. The van der Waals surface area contributed by atoms with Crippen molar-refractivity contribution < 1.29 is 28.5 Å². The fourth-order valence-electron chi connectivity index (χ4n) is 4.61. The Labute approximate surface area is 230 Å². The van der Waals surface area contributed by atoms with Gasteiger partial charge in [0.15, 0.2) is 14.6 Å². The van der Waals surface area contributed by atoms with Crippen LogP contribution in [0, 0.1) is 11.3 Å². The number of benzene rings is 1. The second kappa shape index (κ2) is 13.2. The minimum absolute atomic E-state index is 0.00569. The molecule has 1 aromatic carbocycles. The maximum atomic E-state index is 12.8. The summed E-state index contributed by atoms with van der Waals surface area (Å²) < 4.78 is 23.2. The molecule has 0 bridgehead atoms. The lowest BCUT2D eigenvalue weighted by molar-refractivity contribution is -0.0907. The first-order chi connectivity index (χ1) is 17.8. The van der Waals surface area contributed by atoms with Crippen LogP contribution in [0.15, 0.2) is 30.3 Å². The molecule has 0 unspecified atom stereocenters. The summed E-state index contributed by atoms with van der Waals surface area (Å²) in [5.41, 5.74) is 1.04. The van der Waals surface area contributed by atoms with Gasteiger partial charge in [-0.1, -0.05) is 65.0 Å². The van der Waals surface area contributed by atoms with Gasteiger partial charge in [-0.15, -0.1) is 0 Å². The second-order valence-electron chi connectivity index (χ2n) is 13.1. The van der Waals surface area contributed by atoms with E-state index in [9.17, 15) is 9.90 Å². The van der Waals surface area contributed by atoms with Crippen molar-refractivity contribution in [3.05, 3.63) is 35.9 Å². The van der Waals surface area contributed by atoms with E-state index in [0.717, 1.165) is 31.6 Å². The first-order valence-electron chi connectivity index (χ1n) is 14.0. The highest BCUT2D eigenvalue weighted by Crippen LogP contribution is 2.37. The molecule has 5 atom stereocenters. The number of aliphatic hydroxyl groups excluding tert-OH is 1. The topological polar surface area (TPSA) is 98.3 Å². The Hall–Kier alpha value is -1.49. The molecule has 3 rings (SSSR count). The molecular weight excluding hydrogens is 500 g/mol. The molecule has 0 aromatic heterocycles. The van der Waals surface area contributed by atoms with Crippen molar-refractivity contribution in [3.8, 4) is 0 Å². The van der Waals surface area contributed by atoms with E-state index in [0.29, 0.717) is 26.2 Å². The summed E-state index contributed by atoms with van der Waals surface area (Å²) in [6.45, 7) is 18.5. The fourth-order valence-corrected chi connectivity index (χ4v) is 5.66. The summed E-state index contributed by atoms with van der Waals surface area (Å²) in [4.78, 5) is 12.8. The Morgan fingerprint density at radius 1 is 1.16 bits per heavy atom. The lowest BCUT2D eigenvalue weighted by atomic mass is 9.89. The molecule has 0 aliphatic carbocycles. The molecule has 2 aliphatic rings. The number of amides is 1. The van der Waals surface area contributed by atoms with Crippen LogP contribution in [0.25, 0.3) is 0 Å². The molecule has 0 saturated carbocycles. The van der Waals surface area contributed by atoms with Crippen LogP contribution in [-0.2, 0) is 25.1 Å². The zero-order chi connectivity index (χ0) is 28.0. The molecule has 2 saturated heterocycles. The Kier molecular flexibility index (Phi) is 10.8. The number of hydrogen-bond acceptors (Lipinski definition) is 7. The fraction of sp³-hybridized carbons (Fsp3) is 0.759. The number of fused-ring (bicyclic) bond motifs is 1. The largest absolute Gasteiger partial charge is 0.443 e. The molecule has 216 valence electrons. The van der Waals surface area contributed by atoms with Gasteiger partial charge in [-0.25, -0.2) is 4.79 Å². The molecule has 1 amide bonds. The lowest BCUT2D eigenvalue weighted by Gasteiger charge is -2.37. The standard InChI is InChI=1S/C29H50N2O6Si/c1-28(2,3)38(6,7)36-16-14-29(4,5)20-30-18-24(32)23(17-21-11-9-8-10-12-21)31-27(33)37-25-19-35-26-22(25)13-15-34-26/h8-12,22-26,30,32H,13-20H2,1-7H3,(H,31,33)/t22-,23-,24-,25-,26+/m0/s1. The molecule has 3 N–H and O–H groups in total. The number of carbonyl (C=O) groups is 1. The Bertz CT molecular complexity index is 876. The maximum absolute atomic E-state index is 12.8. The van der Waals surface area contributed by atoms with Crippen molar-refractivity contribution in [2.45, 2.75) is 96.6 Å². The first kappa shape index (κ1) is 31.0. The molecule has 0 radical (unpaired) electrons. The van der Waals surface area contributed by atoms with Crippen LogP contribution in [0.4, 0.5) is 4.79 Å². The third-order valence-corrected chi connectivity index (χ3v) is 12.9. The van der Waals surface area contributed by atoms with Crippen molar-refractivity contribution in [3.63, 3.8) is 0 Å². The smallest absolute Gasteiger partial charge is 0.407 e. The van der Waals surface area contributed by atoms with E-state index in [2.05, 4.69) is 58.3 Å². The van der Waals surface area contributed by atoms with Crippen LogP contribution in [-0.4, -0.2) is 77.0 Å². The summed E-state index contributed by atoms with van der Waals surface area (Å²) in [6, 6.07) is 9.36. The number of carbonyl (C=O) groups excluding carboxylic acids is 1. The van der Waals surface area contributed by atoms with Crippen molar-refractivity contribution in [2.75, 3.05) is 32.9 Å². The molecular formula is C29H50N2O6Si. The number of rotatable bonds is 13. The van der Waals surface area contributed by atoms with E-state index in [1.807, 2.05) is 30.3 Å². The van der Waals surface area contributed by atoms with Gasteiger partial charge in [-0.2, -0.15) is 0 Å². The molecule has 2 fully saturated rings. The Morgan fingerprint density at radius 2 is 1.87 bits per heavy atom. The van der Waals surface area contributed by atoms with Crippen LogP contribution in [0.2, 0.25) is 18.1 Å². The van der Waals surface area contributed by atoms with Gasteiger partial charge >= 0.3 is 6.09 Å². The number of ether oxygens (including phenoxy) is 3. The van der Waals surface area contributed by atoms with Crippen molar-refractivity contribution in [2.24, 2.45) is 11.3 Å². The maximum Gasteiger partial charge on any atom is 0.407 e. The average Bonchev–Trinajstić information content (AvgIpc) is 3.43. The Balaban J connectivity index is 1.50. The second-order valence-corrected chi connectivity index (χ2v) is 17.9. The SMILES string of the molecule is CC(C)(CCO[Si](C)(C)C(C)(C)C)CNC[C@H](O)[C@H](Cc1ccccc1)NC(=O)O[C@H]1CO[C@H]2OCC[C@H]21. The quantitative estimate of drug-likeness (QED) is 0.312. The predicted molar refractivity (Wildman–Crippen MR) is 152 cm³/mol. The van der Waals surface area contributed by atoms with E-state index < -0.39 is 26.6 Å². The highest BCUT2D eigenvalue weighted by atomic mass is 28.4. The highest BCUT2D eigenvalue weighted by molar-refractivity contribution is 6.74. The summed E-state index contributed by atoms with van der Waals surface area (Å²) >= 11 is 0. The Morgan fingerprint density at radius 3 is 2.55 bits per heavy atom. The van der Waals surface area contributed by atoms with Crippen LogP contribution < -0.4 is 10.6 Å². The zero-order valence-corrected chi connectivity index (χ0v) is 25.4. The molecule has 38 heavy (non-hydrogen) atoms. The molecule has 1 aromatic rings. The minimum atomic E-state index is -1.77. The van der Waals surface area contributed by atoms with E-state index >= 15 is 0 Å². The normalized spacial score (nSPS) is 23.6. The monoisotopic (exact) mass is 550 g/mol. The van der Waals surface area contributed by atoms with Gasteiger partial charge in [0.2, 0.25) is 0 Å². The minimum Gasteiger partial charge on any atom is -0.443 e. The number of aliphatic hydroxyl groups is 1. The summed E-state index contributed by atoms with van der Waals surface area (Å²) in [5, 5.41) is 17.6. The molecule has 9 heteroatoms. The summed E-state index contributed by atoms with van der Waals surface area (Å²) in [5.74, 6) is 0.0720. The summed E-state index contributed by atoms with van der Waals surface area (Å²) in [7, 11) is -1.77. The van der Waals surface area contributed by atoms with Crippen LogP contribution in [0.3, 0.4) is 0 Å². The molecule has 2 aliphatic heterocycles. The van der Waals surface area contributed by atoms with Gasteiger partial charge in [0.25, 0.3) is 0 Å². The van der Waals surface area contributed by atoms with E-state index in [-0.39, 0.29) is 28.8 Å². The zero-order valence-electron chi connectivity index (χ0n) is 24.4. The van der Waals surface area contributed by atoms with Crippen molar-refractivity contribution in [1.82, 2.24) is 10.6 Å². The highest BCUT2D eigenvalue weighted by Gasteiger charge is 2.44. The van der Waals surface area contributed by atoms with Gasteiger partial charge in [0.1, 0.15) is 6.10 Å².